The van der Waals surface area contributed by atoms with Crippen LogP contribution in [-0.2, 0) is 6.42 Å². The third kappa shape index (κ3) is 2.62. The molecule has 1 aliphatic rings. The highest BCUT2D eigenvalue weighted by molar-refractivity contribution is 6.36. The first kappa shape index (κ1) is 16.2. The molecule has 0 N–H and O–H groups in total. The zero-order valence-corrected chi connectivity index (χ0v) is 15.2. The largest absolute Gasteiger partial charge is 0.249 e. The van der Waals surface area contributed by atoms with E-state index in [-0.39, 0.29) is 0 Å². The molecule has 124 valence electrons. The van der Waals surface area contributed by atoms with E-state index in [0.29, 0.717) is 11.8 Å². The molecule has 1 heterocycles. The Morgan fingerprint density at radius 2 is 1.76 bits per heavy atom. The van der Waals surface area contributed by atoms with E-state index < -0.39 is 0 Å². The third-order valence-corrected chi connectivity index (χ3v) is 5.59. The summed E-state index contributed by atoms with van der Waals surface area (Å²) in [6, 6.07) is 17.5. The summed E-state index contributed by atoms with van der Waals surface area (Å²) in [4.78, 5) is 0. The van der Waals surface area contributed by atoms with Crippen molar-refractivity contribution in [1.82, 2.24) is 15.0 Å². The minimum absolute atomic E-state index is 0.331. The predicted octanol–water partition coefficient (Wildman–Crippen LogP) is 3.70. The lowest BCUT2D eigenvalue weighted by molar-refractivity contribution is 0.603. The van der Waals surface area contributed by atoms with E-state index in [4.69, 9.17) is 0 Å². The summed E-state index contributed by atoms with van der Waals surface area (Å²) in [5.41, 5.74) is 7.53. The summed E-state index contributed by atoms with van der Waals surface area (Å²) < 4.78 is 2.12. The summed E-state index contributed by atoms with van der Waals surface area (Å²) in [6.45, 7) is 6.70. The number of rotatable bonds is 3. The van der Waals surface area contributed by atoms with Crippen molar-refractivity contribution in [1.29, 1.82) is 0 Å². The number of nitrogens with zero attached hydrogens (tertiary/aromatic N) is 3. The number of fused-ring (bicyclic) bond motifs is 5. The number of aromatic nitrogens is 3. The van der Waals surface area contributed by atoms with Crippen molar-refractivity contribution in [3.05, 3.63) is 59.7 Å². The van der Waals surface area contributed by atoms with Crippen LogP contribution in [0.5, 0.6) is 0 Å². The molecule has 3 aromatic rings. The molecule has 25 heavy (non-hydrogen) atoms. The topological polar surface area (TPSA) is 30.7 Å². The van der Waals surface area contributed by atoms with Crippen LogP contribution in [0.3, 0.4) is 0 Å². The van der Waals surface area contributed by atoms with Crippen molar-refractivity contribution < 1.29 is 0 Å². The normalized spacial score (nSPS) is 16.7. The maximum Gasteiger partial charge on any atom is 0.148 e. The fraction of sp³-hybridized carbons (Fsp3) is 0.300. The first-order valence-corrected chi connectivity index (χ1v) is 9.37. The Morgan fingerprint density at radius 3 is 2.52 bits per heavy atom. The molecule has 0 amide bonds. The molecule has 0 spiro atoms. The smallest absolute Gasteiger partial charge is 0.148 e. The van der Waals surface area contributed by atoms with E-state index in [1.54, 1.807) is 0 Å². The van der Waals surface area contributed by atoms with Crippen molar-refractivity contribution in [2.45, 2.75) is 38.7 Å². The second-order valence-electron chi connectivity index (χ2n) is 7.04. The number of benzene rings is 2. The third-order valence-electron chi connectivity index (χ3n) is 5.59. The van der Waals surface area contributed by atoms with E-state index in [0.717, 1.165) is 26.7 Å². The molecule has 0 bridgehead atoms. The number of hydrogen-bond donors (Lipinski definition) is 0. The minimum atomic E-state index is 0.331. The van der Waals surface area contributed by atoms with Gasteiger partial charge in [0.25, 0.3) is 0 Å². The highest BCUT2D eigenvalue weighted by Crippen LogP contribution is 2.41. The van der Waals surface area contributed by atoms with Gasteiger partial charge in [-0.3, -0.25) is 0 Å². The maximum absolute atomic E-state index is 4.65. The van der Waals surface area contributed by atoms with E-state index >= 15 is 0 Å². The van der Waals surface area contributed by atoms with E-state index in [9.17, 15) is 0 Å². The molecule has 5 heteroatoms. The summed E-state index contributed by atoms with van der Waals surface area (Å²) in [5, 5.41) is 9.22. The van der Waals surface area contributed by atoms with Crippen LogP contribution in [0, 0.1) is 0 Å². The van der Waals surface area contributed by atoms with Crippen LogP contribution in [0.4, 0.5) is 0 Å². The average molecular weight is 327 g/mol. The minimum Gasteiger partial charge on any atom is -0.249 e. The molecule has 1 aliphatic carbocycles. The van der Waals surface area contributed by atoms with Crippen LogP contribution in [0.2, 0.25) is 13.6 Å². The van der Waals surface area contributed by atoms with E-state index in [2.05, 4.69) is 84.1 Å². The Morgan fingerprint density at radius 1 is 1.04 bits per heavy atom. The Hall–Kier alpha value is -2.29. The number of hydrogen-bond acceptors (Lipinski definition) is 2. The van der Waals surface area contributed by atoms with Crippen molar-refractivity contribution in [3.63, 3.8) is 0 Å². The molecule has 0 fully saturated rings. The molecule has 0 aliphatic heterocycles. The van der Waals surface area contributed by atoms with Crippen LogP contribution >= 0.6 is 0 Å². The second-order valence-corrected chi connectivity index (χ2v) is 7.04. The van der Waals surface area contributed by atoms with Crippen molar-refractivity contribution in [2.75, 3.05) is 0 Å². The standard InChI is InChI=1S/C20H23B2N3/c1-13(21-2)25-20-15-9-5-4-8-14(15)12-18(22-3)16-10-6-7-11-17(16)19(20)23-24-25/h4-11,13,18,21-22H,12H2,1-3H3/t13-,18?/m0/s1. The fourth-order valence-corrected chi connectivity index (χ4v) is 3.95. The molecule has 1 unspecified atom stereocenters. The van der Waals surface area contributed by atoms with Gasteiger partial charge in [0, 0.05) is 17.1 Å². The lowest BCUT2D eigenvalue weighted by atomic mass is 9.59. The summed E-state index contributed by atoms with van der Waals surface area (Å²) in [6.07, 6.45) is 1.06. The lowest BCUT2D eigenvalue weighted by Gasteiger charge is -2.24. The van der Waals surface area contributed by atoms with Crippen LogP contribution < -0.4 is 0 Å². The quantitative estimate of drug-likeness (QED) is 0.687. The van der Waals surface area contributed by atoms with Gasteiger partial charge in [-0.15, -0.1) is 5.10 Å². The Bertz CT molecular complexity index is 903. The van der Waals surface area contributed by atoms with Crippen LogP contribution in [-0.4, -0.2) is 29.6 Å². The van der Waals surface area contributed by atoms with Crippen molar-refractivity contribution >= 4 is 14.6 Å². The van der Waals surface area contributed by atoms with Crippen LogP contribution in [0.1, 0.15) is 29.8 Å². The molecule has 0 saturated heterocycles. The highest BCUT2D eigenvalue weighted by atomic mass is 15.4. The van der Waals surface area contributed by atoms with Crippen LogP contribution in [0.15, 0.2) is 48.5 Å². The van der Waals surface area contributed by atoms with Gasteiger partial charge < -0.3 is 0 Å². The Labute approximate surface area is 150 Å². The van der Waals surface area contributed by atoms with E-state index in [1.165, 1.54) is 27.9 Å². The zero-order valence-electron chi connectivity index (χ0n) is 15.2. The van der Waals surface area contributed by atoms with Gasteiger partial charge in [0.1, 0.15) is 20.3 Å². The van der Waals surface area contributed by atoms with Gasteiger partial charge in [0.2, 0.25) is 0 Å². The SMILES string of the molecule is CBC1Cc2ccccc2-c2c(nnn2[C@@H](C)BC)-c2ccccc21. The molecule has 4 rings (SSSR count). The van der Waals surface area contributed by atoms with Crippen molar-refractivity contribution in [2.24, 2.45) is 0 Å². The molecule has 1 aromatic heterocycles. The molecule has 3 nitrogen and oxygen atoms in total. The van der Waals surface area contributed by atoms with E-state index in [1.807, 2.05) is 0 Å². The first-order chi connectivity index (χ1) is 12.2. The molecular weight excluding hydrogens is 304 g/mol. The van der Waals surface area contributed by atoms with Gasteiger partial charge in [-0.25, -0.2) is 4.68 Å². The maximum atomic E-state index is 4.65. The van der Waals surface area contributed by atoms with Gasteiger partial charge >= 0.3 is 0 Å². The zero-order chi connectivity index (χ0) is 17.4. The first-order valence-electron chi connectivity index (χ1n) is 9.37. The van der Waals surface area contributed by atoms with Gasteiger partial charge in [-0.1, -0.05) is 74.3 Å². The Kier molecular flexibility index (Phi) is 4.24. The average Bonchev–Trinajstić information content (AvgIpc) is 3.09. The molecule has 2 aromatic carbocycles. The predicted molar refractivity (Wildman–Crippen MR) is 108 cm³/mol. The summed E-state index contributed by atoms with van der Waals surface area (Å²) in [5.74, 6) is 0.845. The molecule has 2 atom stereocenters. The molecule has 0 radical (unpaired) electrons. The van der Waals surface area contributed by atoms with Gasteiger partial charge in [0.15, 0.2) is 0 Å². The van der Waals surface area contributed by atoms with Crippen molar-refractivity contribution in [3.8, 4) is 22.5 Å². The fourth-order valence-electron chi connectivity index (χ4n) is 3.95. The van der Waals surface area contributed by atoms with Crippen LogP contribution in [0.25, 0.3) is 22.5 Å². The molecule has 0 saturated carbocycles. The Balaban J connectivity index is 2.06. The van der Waals surface area contributed by atoms with Gasteiger partial charge in [0.05, 0.1) is 5.69 Å². The second kappa shape index (κ2) is 6.55. The monoisotopic (exact) mass is 327 g/mol. The highest BCUT2D eigenvalue weighted by Gasteiger charge is 2.28. The lowest BCUT2D eigenvalue weighted by Crippen LogP contribution is -2.16. The van der Waals surface area contributed by atoms with Gasteiger partial charge in [-0.2, -0.15) is 0 Å². The summed E-state index contributed by atoms with van der Waals surface area (Å²) in [7, 11) is 2.16. The van der Waals surface area contributed by atoms with Gasteiger partial charge in [-0.05, 0) is 23.4 Å². The summed E-state index contributed by atoms with van der Waals surface area (Å²) >= 11 is 0. The molecular formula is C20H23B2N3.